The van der Waals surface area contributed by atoms with Gasteiger partial charge in [-0.1, -0.05) is 39.7 Å². The van der Waals surface area contributed by atoms with Gasteiger partial charge in [-0.05, 0) is 49.7 Å². The van der Waals surface area contributed by atoms with Crippen LogP contribution in [0.2, 0.25) is 5.02 Å². The molecule has 0 radical (unpaired) electrons. The van der Waals surface area contributed by atoms with Crippen LogP contribution in [0.15, 0.2) is 46.9 Å². The lowest BCUT2D eigenvalue weighted by Crippen LogP contribution is -2.31. The van der Waals surface area contributed by atoms with Gasteiger partial charge in [-0.3, -0.25) is 4.79 Å². The van der Waals surface area contributed by atoms with E-state index in [2.05, 4.69) is 21.2 Å². The maximum atomic E-state index is 12.0. The van der Waals surface area contributed by atoms with Crippen molar-refractivity contribution in [1.82, 2.24) is 5.32 Å². The van der Waals surface area contributed by atoms with Gasteiger partial charge >= 0.3 is 0 Å². The van der Waals surface area contributed by atoms with Gasteiger partial charge in [0.2, 0.25) is 0 Å². The molecule has 2 aromatic rings. The predicted molar refractivity (Wildman–Crippen MR) is 98.8 cm³/mol. The zero-order chi connectivity index (χ0) is 17.5. The van der Waals surface area contributed by atoms with Crippen LogP contribution in [0.5, 0.6) is 11.5 Å². The fraction of sp³-hybridized carbons (Fsp3) is 0.278. The van der Waals surface area contributed by atoms with Crippen molar-refractivity contribution in [2.75, 3.05) is 13.2 Å². The molecule has 0 aliphatic carbocycles. The number of rotatable bonds is 7. The molecule has 0 aliphatic rings. The Kier molecular flexibility index (Phi) is 6.94. The molecule has 0 fully saturated rings. The summed E-state index contributed by atoms with van der Waals surface area (Å²) in [5.41, 5.74) is 0.994. The van der Waals surface area contributed by atoms with E-state index in [-0.39, 0.29) is 18.6 Å². The third kappa shape index (κ3) is 5.42. The summed E-state index contributed by atoms with van der Waals surface area (Å²) in [5.74, 6) is 1.08. The minimum atomic E-state index is -0.213. The number of amides is 1. The second kappa shape index (κ2) is 8.94. The number of ether oxygens (including phenoxy) is 2. The predicted octanol–water partition coefficient (Wildman–Crippen LogP) is 4.76. The summed E-state index contributed by atoms with van der Waals surface area (Å²) in [4.78, 5) is 12.0. The van der Waals surface area contributed by atoms with Crippen LogP contribution in [-0.4, -0.2) is 19.1 Å². The van der Waals surface area contributed by atoms with Gasteiger partial charge in [-0.2, -0.15) is 0 Å². The Morgan fingerprint density at radius 3 is 2.54 bits per heavy atom. The largest absolute Gasteiger partial charge is 0.494 e. The molecule has 1 atom stereocenters. The number of nitrogens with one attached hydrogen (secondary N) is 1. The summed E-state index contributed by atoms with van der Waals surface area (Å²) in [6.07, 6.45) is 0. The van der Waals surface area contributed by atoms with E-state index >= 15 is 0 Å². The lowest BCUT2D eigenvalue weighted by molar-refractivity contribution is -0.123. The number of carbonyl (C=O) groups excluding carboxylic acids is 1. The Hall–Kier alpha value is -1.72. The molecule has 1 amide bonds. The number of hydrogen-bond donors (Lipinski definition) is 1. The molecule has 24 heavy (non-hydrogen) atoms. The van der Waals surface area contributed by atoms with Crippen molar-refractivity contribution in [3.8, 4) is 11.5 Å². The lowest BCUT2D eigenvalue weighted by Gasteiger charge is -2.15. The Labute approximate surface area is 155 Å². The number of halogens is 2. The number of hydrogen-bond acceptors (Lipinski definition) is 3. The van der Waals surface area contributed by atoms with Crippen molar-refractivity contribution in [3.05, 3.63) is 57.5 Å². The van der Waals surface area contributed by atoms with Crippen molar-refractivity contribution >= 4 is 33.4 Å². The van der Waals surface area contributed by atoms with Crippen LogP contribution in [0.25, 0.3) is 0 Å². The van der Waals surface area contributed by atoms with Gasteiger partial charge in [0.05, 0.1) is 17.7 Å². The minimum Gasteiger partial charge on any atom is -0.494 e. The van der Waals surface area contributed by atoms with Crippen LogP contribution >= 0.6 is 27.5 Å². The van der Waals surface area contributed by atoms with E-state index in [9.17, 15) is 4.79 Å². The van der Waals surface area contributed by atoms with Crippen molar-refractivity contribution in [2.45, 2.75) is 19.9 Å². The second-order valence-corrected chi connectivity index (χ2v) is 6.48. The lowest BCUT2D eigenvalue weighted by atomic mass is 10.1. The molecule has 0 saturated carbocycles. The molecule has 1 N–H and O–H groups in total. The molecule has 0 bridgehead atoms. The van der Waals surface area contributed by atoms with Crippen molar-refractivity contribution in [1.29, 1.82) is 0 Å². The summed E-state index contributed by atoms with van der Waals surface area (Å²) in [5, 5.41) is 3.35. The Morgan fingerprint density at radius 2 is 1.92 bits per heavy atom. The normalized spacial score (nSPS) is 11.7. The summed E-state index contributed by atoms with van der Waals surface area (Å²) >= 11 is 9.38. The highest BCUT2D eigenvalue weighted by Crippen LogP contribution is 2.27. The SMILES string of the molecule is CCOc1ccc([C@H](C)NC(=O)COc2ccc(Br)cc2Cl)cc1. The van der Waals surface area contributed by atoms with Crippen molar-refractivity contribution < 1.29 is 14.3 Å². The number of benzene rings is 2. The molecular weight excluding hydrogens is 394 g/mol. The van der Waals surface area contributed by atoms with Crippen molar-refractivity contribution in [2.24, 2.45) is 0 Å². The highest BCUT2D eigenvalue weighted by molar-refractivity contribution is 9.10. The number of carbonyl (C=O) groups is 1. The third-order valence-corrected chi connectivity index (χ3v) is 4.11. The molecule has 2 aromatic carbocycles. The smallest absolute Gasteiger partial charge is 0.258 e. The highest BCUT2D eigenvalue weighted by Gasteiger charge is 2.11. The van der Waals surface area contributed by atoms with Gasteiger partial charge in [0.15, 0.2) is 6.61 Å². The van der Waals surface area contributed by atoms with E-state index in [0.717, 1.165) is 15.8 Å². The Balaban J connectivity index is 1.87. The quantitative estimate of drug-likeness (QED) is 0.713. The van der Waals surface area contributed by atoms with Crippen molar-refractivity contribution in [3.63, 3.8) is 0 Å². The van der Waals surface area contributed by atoms with E-state index < -0.39 is 0 Å². The first-order chi connectivity index (χ1) is 11.5. The van der Waals surface area contributed by atoms with Gasteiger partial charge in [-0.15, -0.1) is 0 Å². The fourth-order valence-electron chi connectivity index (χ4n) is 2.12. The standard InChI is InChI=1S/C18H19BrClNO3/c1-3-23-15-7-4-13(5-8-15)12(2)21-18(22)11-24-17-9-6-14(19)10-16(17)20/h4-10,12H,3,11H2,1-2H3,(H,21,22)/t12-/m0/s1. The van der Waals surface area contributed by atoms with Gasteiger partial charge in [0, 0.05) is 4.47 Å². The maximum Gasteiger partial charge on any atom is 0.258 e. The first kappa shape index (κ1) is 18.6. The first-order valence-electron chi connectivity index (χ1n) is 7.59. The molecule has 4 nitrogen and oxygen atoms in total. The molecular formula is C18H19BrClNO3. The molecule has 2 rings (SSSR count). The van der Waals surface area contributed by atoms with Gasteiger partial charge in [0.1, 0.15) is 11.5 Å². The van der Waals surface area contributed by atoms with Crippen LogP contribution in [0.4, 0.5) is 0 Å². The summed E-state index contributed by atoms with van der Waals surface area (Å²) < 4.78 is 11.7. The average molecular weight is 413 g/mol. The summed E-state index contributed by atoms with van der Waals surface area (Å²) in [6.45, 7) is 4.39. The fourth-order valence-corrected chi connectivity index (χ4v) is 2.85. The molecule has 0 aromatic heterocycles. The molecule has 0 saturated heterocycles. The van der Waals surface area contributed by atoms with E-state index in [4.69, 9.17) is 21.1 Å². The molecule has 0 spiro atoms. The van der Waals surface area contributed by atoms with Crippen LogP contribution in [0.3, 0.4) is 0 Å². The average Bonchev–Trinajstić information content (AvgIpc) is 2.55. The van der Waals surface area contributed by atoms with Crippen LogP contribution in [0, 0.1) is 0 Å². The van der Waals surface area contributed by atoms with E-state index in [0.29, 0.717) is 17.4 Å². The van der Waals surface area contributed by atoms with Gasteiger partial charge in [-0.25, -0.2) is 0 Å². The topological polar surface area (TPSA) is 47.6 Å². The monoisotopic (exact) mass is 411 g/mol. The highest BCUT2D eigenvalue weighted by atomic mass is 79.9. The summed E-state index contributed by atoms with van der Waals surface area (Å²) in [6, 6.07) is 12.8. The first-order valence-corrected chi connectivity index (χ1v) is 8.76. The second-order valence-electron chi connectivity index (χ2n) is 5.15. The molecule has 128 valence electrons. The third-order valence-electron chi connectivity index (χ3n) is 3.32. The van der Waals surface area contributed by atoms with Crippen LogP contribution in [-0.2, 0) is 4.79 Å². The molecule has 0 aliphatic heterocycles. The van der Waals surface area contributed by atoms with Crippen LogP contribution in [0.1, 0.15) is 25.5 Å². The Morgan fingerprint density at radius 1 is 1.21 bits per heavy atom. The van der Waals surface area contributed by atoms with E-state index in [1.807, 2.05) is 44.2 Å². The molecule has 0 heterocycles. The minimum absolute atomic E-state index is 0.0945. The van der Waals surface area contributed by atoms with Gasteiger partial charge in [0.25, 0.3) is 5.91 Å². The Bertz CT molecular complexity index is 691. The van der Waals surface area contributed by atoms with E-state index in [1.54, 1.807) is 12.1 Å². The molecule has 0 unspecified atom stereocenters. The zero-order valence-electron chi connectivity index (χ0n) is 13.5. The van der Waals surface area contributed by atoms with Crippen LogP contribution < -0.4 is 14.8 Å². The van der Waals surface area contributed by atoms with Gasteiger partial charge < -0.3 is 14.8 Å². The summed E-state index contributed by atoms with van der Waals surface area (Å²) in [7, 11) is 0. The maximum absolute atomic E-state index is 12.0. The van der Waals surface area contributed by atoms with E-state index in [1.165, 1.54) is 0 Å². The zero-order valence-corrected chi connectivity index (χ0v) is 15.9. The molecule has 6 heteroatoms.